The number of hydrogen-bond acceptors (Lipinski definition) is 3. The summed E-state index contributed by atoms with van der Waals surface area (Å²) in [6.45, 7) is 0.457. The molecule has 2 aromatic rings. The zero-order valence-electron chi connectivity index (χ0n) is 12.0. The van der Waals surface area contributed by atoms with Gasteiger partial charge in [-0.1, -0.05) is 12.8 Å². The average molecular weight is 284 g/mol. The highest BCUT2D eigenvalue weighted by molar-refractivity contribution is 5.94. The second-order valence-electron chi connectivity index (χ2n) is 5.45. The smallest absolute Gasteiger partial charge is 0.132 e. The number of ether oxygens (including phenoxy) is 1. The van der Waals surface area contributed by atoms with Gasteiger partial charge >= 0.3 is 0 Å². The molecule has 0 bridgehead atoms. The van der Waals surface area contributed by atoms with Crippen LogP contribution < -0.4 is 10.5 Å². The van der Waals surface area contributed by atoms with Crippen LogP contribution >= 0.6 is 0 Å². The van der Waals surface area contributed by atoms with Gasteiger partial charge in [-0.3, -0.25) is 10.1 Å². The van der Waals surface area contributed by atoms with Crippen molar-refractivity contribution in [1.29, 1.82) is 5.41 Å². The molecule has 0 radical (unpaired) electrons. The average Bonchev–Trinajstić information content (AvgIpc) is 3.16. The lowest BCUT2D eigenvalue weighted by Gasteiger charge is -2.09. The van der Waals surface area contributed by atoms with Crippen LogP contribution in [0.3, 0.4) is 0 Å². The largest absolute Gasteiger partial charge is 0.487 e. The van der Waals surface area contributed by atoms with Crippen molar-refractivity contribution in [3.8, 4) is 5.75 Å². The van der Waals surface area contributed by atoms with Gasteiger partial charge in [0.05, 0.1) is 11.7 Å². The Morgan fingerprint density at radius 3 is 2.62 bits per heavy atom. The highest BCUT2D eigenvalue weighted by Crippen LogP contribution is 2.28. The first kappa shape index (κ1) is 13.7. The van der Waals surface area contributed by atoms with Gasteiger partial charge in [0.1, 0.15) is 18.2 Å². The molecule has 3 rings (SSSR count). The molecule has 5 nitrogen and oxygen atoms in total. The molecule has 3 N–H and O–H groups in total. The Kier molecular flexibility index (Phi) is 3.90. The van der Waals surface area contributed by atoms with Crippen molar-refractivity contribution in [2.75, 3.05) is 0 Å². The van der Waals surface area contributed by atoms with Crippen molar-refractivity contribution in [2.24, 2.45) is 5.73 Å². The van der Waals surface area contributed by atoms with Crippen molar-refractivity contribution >= 4 is 5.84 Å². The molecule has 0 spiro atoms. The van der Waals surface area contributed by atoms with E-state index in [2.05, 4.69) is 9.78 Å². The van der Waals surface area contributed by atoms with Gasteiger partial charge < -0.3 is 10.5 Å². The summed E-state index contributed by atoms with van der Waals surface area (Å²) in [6, 6.07) is 9.80. The molecule has 1 heterocycles. The number of amidine groups is 1. The lowest BCUT2D eigenvalue weighted by molar-refractivity contribution is 0.298. The Bertz CT molecular complexity index is 611. The van der Waals surface area contributed by atoms with Crippen LogP contribution in [0.5, 0.6) is 5.75 Å². The maximum Gasteiger partial charge on any atom is 0.132 e. The minimum atomic E-state index is 0.0665. The number of nitrogen functional groups attached to an aromatic ring is 1. The molecular formula is C16H20N4O. The van der Waals surface area contributed by atoms with E-state index in [1.807, 2.05) is 24.4 Å². The summed E-state index contributed by atoms with van der Waals surface area (Å²) in [4.78, 5) is 0. The van der Waals surface area contributed by atoms with E-state index in [0.717, 1.165) is 11.4 Å². The monoisotopic (exact) mass is 284 g/mol. The second-order valence-corrected chi connectivity index (χ2v) is 5.45. The third-order valence-corrected chi connectivity index (χ3v) is 3.91. The molecule has 5 heteroatoms. The van der Waals surface area contributed by atoms with Crippen LogP contribution in [-0.4, -0.2) is 15.6 Å². The van der Waals surface area contributed by atoms with E-state index in [-0.39, 0.29) is 5.84 Å². The number of nitrogens with two attached hydrogens (primary N) is 1. The maximum absolute atomic E-state index is 7.35. The molecule has 21 heavy (non-hydrogen) atoms. The van der Waals surface area contributed by atoms with Gasteiger partial charge in [-0.2, -0.15) is 5.10 Å². The van der Waals surface area contributed by atoms with Gasteiger partial charge in [-0.15, -0.1) is 0 Å². The third kappa shape index (κ3) is 3.24. The van der Waals surface area contributed by atoms with Crippen LogP contribution in [0.25, 0.3) is 0 Å². The highest BCUT2D eigenvalue weighted by atomic mass is 16.5. The molecule has 1 aliphatic carbocycles. The molecule has 0 amide bonds. The molecule has 0 aliphatic heterocycles. The molecule has 1 fully saturated rings. The van der Waals surface area contributed by atoms with Crippen LogP contribution in [0, 0.1) is 5.41 Å². The predicted octanol–water partition coefficient (Wildman–Crippen LogP) is 2.86. The van der Waals surface area contributed by atoms with Gasteiger partial charge in [-0.05, 0) is 43.2 Å². The molecule has 110 valence electrons. The summed E-state index contributed by atoms with van der Waals surface area (Å²) in [5.74, 6) is 0.826. The van der Waals surface area contributed by atoms with Gasteiger partial charge in [0, 0.05) is 11.8 Å². The minimum Gasteiger partial charge on any atom is -0.487 e. The first-order valence-corrected chi connectivity index (χ1v) is 7.33. The zero-order chi connectivity index (χ0) is 14.7. The summed E-state index contributed by atoms with van der Waals surface area (Å²) >= 11 is 0. The summed E-state index contributed by atoms with van der Waals surface area (Å²) in [6.07, 6.45) is 7.12. The van der Waals surface area contributed by atoms with Gasteiger partial charge in [0.15, 0.2) is 0 Å². The fourth-order valence-electron chi connectivity index (χ4n) is 2.71. The number of nitrogens with one attached hydrogen (secondary N) is 1. The van der Waals surface area contributed by atoms with Crippen molar-refractivity contribution in [1.82, 2.24) is 9.78 Å². The number of hydrogen-bond donors (Lipinski definition) is 2. The molecule has 1 aromatic carbocycles. The van der Waals surface area contributed by atoms with E-state index < -0.39 is 0 Å². The summed E-state index contributed by atoms with van der Waals surface area (Å²) in [5.41, 5.74) is 7.06. The first-order valence-electron chi connectivity index (χ1n) is 7.33. The standard InChI is InChI=1S/C16H20N4O/c17-16(18)12-5-7-15(8-6-12)21-11-13-9-10-20(19-13)14-3-1-2-4-14/h5-10,14H,1-4,11H2,(H3,17,18). The van der Waals surface area contributed by atoms with Gasteiger partial charge in [0.2, 0.25) is 0 Å². The number of aromatic nitrogens is 2. The summed E-state index contributed by atoms with van der Waals surface area (Å²) in [7, 11) is 0. The van der Waals surface area contributed by atoms with Crippen LogP contribution in [0.2, 0.25) is 0 Å². The summed E-state index contributed by atoms with van der Waals surface area (Å²) < 4.78 is 7.79. The second kappa shape index (κ2) is 5.99. The van der Waals surface area contributed by atoms with Crippen molar-refractivity contribution < 1.29 is 4.74 Å². The fourth-order valence-corrected chi connectivity index (χ4v) is 2.71. The first-order chi connectivity index (χ1) is 10.2. The van der Waals surface area contributed by atoms with Crippen molar-refractivity contribution in [2.45, 2.75) is 38.3 Å². The summed E-state index contributed by atoms with van der Waals surface area (Å²) in [5, 5.41) is 11.9. The van der Waals surface area contributed by atoms with Crippen molar-refractivity contribution in [3.63, 3.8) is 0 Å². The van der Waals surface area contributed by atoms with Crippen LogP contribution in [0.1, 0.15) is 43.0 Å². The number of rotatable bonds is 5. The normalized spacial score (nSPS) is 15.2. The topological polar surface area (TPSA) is 76.9 Å². The molecule has 0 saturated heterocycles. The minimum absolute atomic E-state index is 0.0665. The Labute approximate surface area is 124 Å². The molecule has 1 aliphatic rings. The SMILES string of the molecule is N=C(N)c1ccc(OCc2ccn(C3CCCC3)n2)cc1. The molecular weight excluding hydrogens is 264 g/mol. The van der Waals surface area contributed by atoms with E-state index in [1.165, 1.54) is 25.7 Å². The van der Waals surface area contributed by atoms with Gasteiger partial charge in [-0.25, -0.2) is 0 Å². The maximum atomic E-state index is 7.35. The van der Waals surface area contributed by atoms with E-state index in [4.69, 9.17) is 15.9 Å². The van der Waals surface area contributed by atoms with E-state index in [9.17, 15) is 0 Å². The number of benzene rings is 1. The molecule has 0 atom stereocenters. The predicted molar refractivity (Wildman–Crippen MR) is 81.5 cm³/mol. The Morgan fingerprint density at radius 2 is 1.95 bits per heavy atom. The van der Waals surface area contributed by atoms with Crippen LogP contribution in [0.15, 0.2) is 36.5 Å². The quantitative estimate of drug-likeness (QED) is 0.654. The van der Waals surface area contributed by atoms with Crippen molar-refractivity contribution in [3.05, 3.63) is 47.8 Å². The van der Waals surface area contributed by atoms with E-state index in [0.29, 0.717) is 18.2 Å². The number of nitrogens with zero attached hydrogens (tertiary/aromatic N) is 2. The molecule has 0 unspecified atom stereocenters. The lowest BCUT2D eigenvalue weighted by atomic mass is 10.2. The molecule has 1 saturated carbocycles. The fraction of sp³-hybridized carbons (Fsp3) is 0.375. The molecule has 1 aromatic heterocycles. The van der Waals surface area contributed by atoms with Crippen LogP contribution in [-0.2, 0) is 6.61 Å². The van der Waals surface area contributed by atoms with Crippen LogP contribution in [0.4, 0.5) is 0 Å². The lowest BCUT2D eigenvalue weighted by Crippen LogP contribution is -2.10. The Hall–Kier alpha value is -2.30. The zero-order valence-corrected chi connectivity index (χ0v) is 12.0. The highest BCUT2D eigenvalue weighted by Gasteiger charge is 2.17. The Balaban J connectivity index is 1.58. The Morgan fingerprint density at radius 1 is 1.24 bits per heavy atom. The third-order valence-electron chi connectivity index (χ3n) is 3.91. The van der Waals surface area contributed by atoms with E-state index >= 15 is 0 Å². The van der Waals surface area contributed by atoms with E-state index in [1.54, 1.807) is 12.1 Å². The van der Waals surface area contributed by atoms with Gasteiger partial charge in [0.25, 0.3) is 0 Å².